The lowest BCUT2D eigenvalue weighted by molar-refractivity contribution is -0.275. The van der Waals surface area contributed by atoms with Crippen LogP contribution in [0.4, 0.5) is 24.7 Å². The molecule has 0 atom stereocenters. The number of aromatic amines is 1. The molecule has 5 N–H and O–H groups in total. The van der Waals surface area contributed by atoms with Crippen LogP contribution in [0.2, 0.25) is 0 Å². The summed E-state index contributed by atoms with van der Waals surface area (Å²) in [5.74, 6) is -1.14. The van der Waals surface area contributed by atoms with Gasteiger partial charge in [0.1, 0.15) is 5.82 Å². The fourth-order valence-corrected chi connectivity index (χ4v) is 0.741. The van der Waals surface area contributed by atoms with Crippen LogP contribution in [0.1, 0.15) is 0 Å². The maximum Gasteiger partial charge on any atom is 0.573 e. The molecule has 0 bridgehead atoms. The van der Waals surface area contributed by atoms with Gasteiger partial charge in [-0.2, -0.15) is 0 Å². The summed E-state index contributed by atoms with van der Waals surface area (Å²) < 4.78 is 38.5. The highest BCUT2D eigenvalue weighted by Gasteiger charge is 2.32. The minimum atomic E-state index is -4.93. The molecular weight excluding hydrogens is 203 g/mol. The number of halogens is 3. The number of nitrogens with one attached hydrogen (secondary N) is 1. The van der Waals surface area contributed by atoms with Crippen LogP contribution in [-0.2, 0) is 0 Å². The molecule has 0 spiro atoms. The van der Waals surface area contributed by atoms with Crippen LogP contribution in [-0.4, -0.2) is 11.3 Å². The van der Waals surface area contributed by atoms with Crippen molar-refractivity contribution in [1.29, 1.82) is 0 Å². The lowest BCUT2D eigenvalue weighted by Crippen LogP contribution is -2.23. The molecule has 0 fully saturated rings. The van der Waals surface area contributed by atoms with E-state index in [0.717, 1.165) is 0 Å². The van der Waals surface area contributed by atoms with Crippen molar-refractivity contribution in [3.05, 3.63) is 16.4 Å². The van der Waals surface area contributed by atoms with Crippen molar-refractivity contribution in [2.75, 3.05) is 11.5 Å². The van der Waals surface area contributed by atoms with Crippen molar-refractivity contribution in [3.8, 4) is 5.75 Å². The zero-order chi connectivity index (χ0) is 10.9. The van der Waals surface area contributed by atoms with Gasteiger partial charge < -0.3 is 21.2 Å². The van der Waals surface area contributed by atoms with Crippen molar-refractivity contribution < 1.29 is 17.9 Å². The molecule has 78 valence electrons. The molecule has 0 unspecified atom stereocenters. The van der Waals surface area contributed by atoms with Crippen LogP contribution in [0, 0.1) is 0 Å². The van der Waals surface area contributed by atoms with Crippen LogP contribution >= 0.6 is 0 Å². The average molecular weight is 209 g/mol. The second kappa shape index (κ2) is 3.13. The van der Waals surface area contributed by atoms with Crippen LogP contribution in [0.3, 0.4) is 0 Å². The number of nitrogen functional groups attached to an aromatic ring is 2. The Morgan fingerprint density at radius 2 is 1.93 bits per heavy atom. The topological polar surface area (TPSA) is 94.1 Å². The van der Waals surface area contributed by atoms with E-state index in [9.17, 15) is 18.0 Å². The number of hydrogen-bond donors (Lipinski definition) is 3. The third-order valence-electron chi connectivity index (χ3n) is 1.30. The Labute approximate surface area is 75.5 Å². The molecular formula is C6H6F3N3O2. The second-order valence-corrected chi connectivity index (χ2v) is 2.38. The molecule has 0 aliphatic heterocycles. The van der Waals surface area contributed by atoms with E-state index in [1.165, 1.54) is 0 Å². The van der Waals surface area contributed by atoms with Gasteiger partial charge in [0.2, 0.25) is 0 Å². The quantitative estimate of drug-likeness (QED) is 0.625. The first kappa shape index (κ1) is 10.2. The van der Waals surface area contributed by atoms with E-state index in [1.807, 2.05) is 4.98 Å². The van der Waals surface area contributed by atoms with Crippen molar-refractivity contribution >= 4 is 11.5 Å². The van der Waals surface area contributed by atoms with Gasteiger partial charge >= 0.3 is 6.36 Å². The highest BCUT2D eigenvalue weighted by Crippen LogP contribution is 2.22. The Morgan fingerprint density at radius 1 is 1.36 bits per heavy atom. The molecule has 0 aromatic carbocycles. The number of alkyl halides is 3. The Kier molecular flexibility index (Phi) is 2.28. The number of nitrogens with two attached hydrogens (primary N) is 2. The summed E-state index contributed by atoms with van der Waals surface area (Å²) in [6, 6.07) is 0.710. The van der Waals surface area contributed by atoms with Gasteiger partial charge in [-0.25, -0.2) is 0 Å². The number of ether oxygens (including phenoxy) is 1. The van der Waals surface area contributed by atoms with Crippen molar-refractivity contribution in [2.45, 2.75) is 6.36 Å². The molecule has 1 aromatic heterocycles. The third-order valence-corrected chi connectivity index (χ3v) is 1.30. The van der Waals surface area contributed by atoms with Gasteiger partial charge in [0.15, 0.2) is 5.75 Å². The Hall–Kier alpha value is -1.86. The van der Waals surface area contributed by atoms with Crippen LogP contribution in [0.15, 0.2) is 10.9 Å². The first-order valence-corrected chi connectivity index (χ1v) is 3.33. The zero-order valence-electron chi connectivity index (χ0n) is 6.68. The molecule has 0 saturated heterocycles. The predicted octanol–water partition coefficient (Wildman–Crippen LogP) is 0.438. The normalized spacial score (nSPS) is 11.4. The van der Waals surface area contributed by atoms with E-state index in [1.54, 1.807) is 0 Å². The zero-order valence-corrected chi connectivity index (χ0v) is 6.68. The number of hydrogen-bond acceptors (Lipinski definition) is 4. The monoisotopic (exact) mass is 209 g/mol. The van der Waals surface area contributed by atoms with Crippen LogP contribution < -0.4 is 21.8 Å². The summed E-state index contributed by atoms with van der Waals surface area (Å²) >= 11 is 0. The molecule has 14 heavy (non-hydrogen) atoms. The Balaban J connectivity index is 3.11. The maximum atomic E-state index is 11.7. The molecule has 1 rings (SSSR count). The summed E-state index contributed by atoms with van der Waals surface area (Å²) in [5, 5.41) is 0. The van der Waals surface area contributed by atoms with Crippen molar-refractivity contribution in [2.24, 2.45) is 0 Å². The van der Waals surface area contributed by atoms with Gasteiger partial charge in [-0.15, -0.1) is 13.2 Å². The van der Waals surface area contributed by atoms with E-state index in [2.05, 4.69) is 4.74 Å². The SMILES string of the molecule is Nc1cc(OC(F)(F)F)c(=O)[nH]c1N. The molecule has 1 heterocycles. The summed E-state index contributed by atoms with van der Waals surface area (Å²) in [4.78, 5) is 12.8. The van der Waals surface area contributed by atoms with E-state index in [-0.39, 0.29) is 11.5 Å². The Bertz CT molecular complexity index is 398. The van der Waals surface area contributed by atoms with Gasteiger partial charge in [-0.05, 0) is 0 Å². The minimum absolute atomic E-state index is 0.191. The molecule has 0 aliphatic rings. The standard InChI is InChI=1S/C6H6F3N3O2/c7-6(8,9)14-3-1-2(10)4(11)12-5(3)13/h1H,10H2,(H3,11,12,13). The van der Waals surface area contributed by atoms with E-state index < -0.39 is 17.7 Å². The lowest BCUT2D eigenvalue weighted by atomic mass is 10.4. The second-order valence-electron chi connectivity index (χ2n) is 2.38. The van der Waals surface area contributed by atoms with Crippen molar-refractivity contribution in [1.82, 2.24) is 4.98 Å². The van der Waals surface area contributed by atoms with Crippen LogP contribution in [0.5, 0.6) is 5.75 Å². The summed E-state index contributed by atoms with van der Waals surface area (Å²) in [5.41, 5.74) is 9.02. The molecule has 5 nitrogen and oxygen atoms in total. The van der Waals surface area contributed by atoms with Gasteiger partial charge in [0.25, 0.3) is 5.56 Å². The smallest absolute Gasteiger partial charge is 0.400 e. The number of anilines is 2. The minimum Gasteiger partial charge on any atom is -0.400 e. The van der Waals surface area contributed by atoms with E-state index in [0.29, 0.717) is 6.07 Å². The first-order valence-electron chi connectivity index (χ1n) is 3.33. The van der Waals surface area contributed by atoms with Gasteiger partial charge in [0, 0.05) is 6.07 Å². The fraction of sp³-hybridized carbons (Fsp3) is 0.167. The number of rotatable bonds is 1. The van der Waals surface area contributed by atoms with E-state index >= 15 is 0 Å². The van der Waals surface area contributed by atoms with Crippen molar-refractivity contribution in [3.63, 3.8) is 0 Å². The van der Waals surface area contributed by atoms with Gasteiger partial charge in [-0.3, -0.25) is 4.79 Å². The number of H-pyrrole nitrogens is 1. The molecule has 8 heteroatoms. The highest BCUT2D eigenvalue weighted by molar-refractivity contribution is 5.59. The van der Waals surface area contributed by atoms with Crippen LogP contribution in [0.25, 0.3) is 0 Å². The summed E-state index contributed by atoms with van der Waals surface area (Å²) in [6.07, 6.45) is -4.93. The number of aromatic nitrogens is 1. The predicted molar refractivity (Wildman–Crippen MR) is 42.6 cm³/mol. The summed E-state index contributed by atoms with van der Waals surface area (Å²) in [6.45, 7) is 0. The summed E-state index contributed by atoms with van der Waals surface area (Å²) in [7, 11) is 0. The third kappa shape index (κ3) is 2.31. The largest absolute Gasteiger partial charge is 0.573 e. The molecule has 0 radical (unpaired) electrons. The molecule has 0 amide bonds. The average Bonchev–Trinajstić information content (AvgIpc) is 1.97. The molecule has 1 aromatic rings. The lowest BCUT2D eigenvalue weighted by Gasteiger charge is -2.08. The van der Waals surface area contributed by atoms with Gasteiger partial charge in [-0.1, -0.05) is 0 Å². The van der Waals surface area contributed by atoms with E-state index in [4.69, 9.17) is 11.5 Å². The molecule has 0 saturated carbocycles. The highest BCUT2D eigenvalue weighted by atomic mass is 19.4. The first-order chi connectivity index (χ1) is 6.29. The van der Waals surface area contributed by atoms with Gasteiger partial charge in [0.05, 0.1) is 5.69 Å². The fourth-order valence-electron chi connectivity index (χ4n) is 0.741. The number of pyridine rings is 1. The Morgan fingerprint density at radius 3 is 2.43 bits per heavy atom. The maximum absolute atomic E-state index is 11.7. The molecule has 0 aliphatic carbocycles.